The standard InChI is InChI=1S/C11H12BrNO2/c1-8-2-3-9(12)10(6-8)13-4-5-15-7-11(13)14/h2-3,6H,4-5,7H2,1H3. The van der Waals surface area contributed by atoms with Gasteiger partial charge in [0.25, 0.3) is 5.91 Å². The zero-order valence-corrected chi connectivity index (χ0v) is 10.1. The molecule has 0 aliphatic carbocycles. The summed E-state index contributed by atoms with van der Waals surface area (Å²) in [5, 5.41) is 0. The fraction of sp³-hybridized carbons (Fsp3) is 0.364. The second kappa shape index (κ2) is 4.33. The number of carbonyl (C=O) groups excluding carboxylic acids is 1. The smallest absolute Gasteiger partial charge is 0.253 e. The quantitative estimate of drug-likeness (QED) is 0.782. The van der Waals surface area contributed by atoms with Gasteiger partial charge in [0.05, 0.1) is 12.3 Å². The van der Waals surface area contributed by atoms with E-state index < -0.39 is 0 Å². The Morgan fingerprint density at radius 3 is 3.00 bits per heavy atom. The molecular weight excluding hydrogens is 258 g/mol. The Kier molecular flexibility index (Phi) is 3.07. The minimum Gasteiger partial charge on any atom is -0.370 e. The molecule has 2 rings (SSSR count). The Labute approximate surface area is 97.2 Å². The van der Waals surface area contributed by atoms with Crippen LogP contribution in [0.3, 0.4) is 0 Å². The minimum absolute atomic E-state index is 0.0209. The highest BCUT2D eigenvalue weighted by atomic mass is 79.9. The Morgan fingerprint density at radius 1 is 1.47 bits per heavy atom. The van der Waals surface area contributed by atoms with E-state index in [1.807, 2.05) is 25.1 Å². The summed E-state index contributed by atoms with van der Waals surface area (Å²) in [6, 6.07) is 5.99. The van der Waals surface area contributed by atoms with Crippen LogP contribution in [-0.2, 0) is 9.53 Å². The Balaban J connectivity index is 2.34. The first-order chi connectivity index (χ1) is 7.18. The molecule has 1 aromatic carbocycles. The van der Waals surface area contributed by atoms with E-state index in [-0.39, 0.29) is 12.5 Å². The van der Waals surface area contributed by atoms with E-state index in [2.05, 4.69) is 15.9 Å². The molecule has 15 heavy (non-hydrogen) atoms. The average molecular weight is 270 g/mol. The summed E-state index contributed by atoms with van der Waals surface area (Å²) in [7, 11) is 0. The molecule has 1 aliphatic rings. The zero-order valence-electron chi connectivity index (χ0n) is 8.50. The van der Waals surface area contributed by atoms with Gasteiger partial charge in [-0.3, -0.25) is 4.79 Å². The van der Waals surface area contributed by atoms with Crippen LogP contribution in [0.25, 0.3) is 0 Å². The van der Waals surface area contributed by atoms with Crippen LogP contribution in [0.5, 0.6) is 0 Å². The van der Waals surface area contributed by atoms with Crippen LogP contribution in [0.2, 0.25) is 0 Å². The summed E-state index contributed by atoms with van der Waals surface area (Å²) >= 11 is 3.46. The predicted octanol–water partition coefficient (Wildman–Crippen LogP) is 2.12. The SMILES string of the molecule is Cc1ccc(Br)c(N2CCOCC2=O)c1. The van der Waals surface area contributed by atoms with Crippen molar-refractivity contribution in [2.75, 3.05) is 24.7 Å². The topological polar surface area (TPSA) is 29.5 Å². The summed E-state index contributed by atoms with van der Waals surface area (Å²) in [6.45, 7) is 3.42. The third kappa shape index (κ3) is 2.21. The predicted molar refractivity (Wildman–Crippen MR) is 62.1 cm³/mol. The van der Waals surface area contributed by atoms with Gasteiger partial charge in [0, 0.05) is 11.0 Å². The molecule has 0 N–H and O–H groups in total. The van der Waals surface area contributed by atoms with Crippen molar-refractivity contribution in [1.82, 2.24) is 0 Å². The van der Waals surface area contributed by atoms with Crippen LogP contribution in [0, 0.1) is 6.92 Å². The minimum atomic E-state index is 0.0209. The fourth-order valence-corrected chi connectivity index (χ4v) is 2.06. The lowest BCUT2D eigenvalue weighted by atomic mass is 10.2. The van der Waals surface area contributed by atoms with Gasteiger partial charge < -0.3 is 9.64 Å². The second-order valence-electron chi connectivity index (χ2n) is 3.55. The lowest BCUT2D eigenvalue weighted by Gasteiger charge is -2.27. The van der Waals surface area contributed by atoms with Gasteiger partial charge in [-0.2, -0.15) is 0 Å². The summed E-state index contributed by atoms with van der Waals surface area (Å²) in [4.78, 5) is 13.4. The maximum Gasteiger partial charge on any atom is 0.253 e. The van der Waals surface area contributed by atoms with Gasteiger partial charge in [-0.15, -0.1) is 0 Å². The van der Waals surface area contributed by atoms with Crippen LogP contribution >= 0.6 is 15.9 Å². The first kappa shape index (κ1) is 10.6. The molecule has 4 heteroatoms. The van der Waals surface area contributed by atoms with E-state index >= 15 is 0 Å². The van der Waals surface area contributed by atoms with Crippen LogP contribution in [0.4, 0.5) is 5.69 Å². The van der Waals surface area contributed by atoms with Crippen molar-refractivity contribution >= 4 is 27.5 Å². The van der Waals surface area contributed by atoms with Crippen molar-refractivity contribution in [2.45, 2.75) is 6.92 Å². The number of nitrogens with zero attached hydrogens (tertiary/aromatic N) is 1. The zero-order chi connectivity index (χ0) is 10.8. The average Bonchev–Trinajstić information content (AvgIpc) is 2.23. The van der Waals surface area contributed by atoms with Crippen molar-refractivity contribution in [2.24, 2.45) is 0 Å². The normalized spacial score (nSPS) is 16.9. The number of hydrogen-bond donors (Lipinski definition) is 0. The molecular formula is C11H12BrNO2. The van der Waals surface area contributed by atoms with Crippen molar-refractivity contribution < 1.29 is 9.53 Å². The molecule has 0 aromatic heterocycles. The number of amides is 1. The molecule has 1 fully saturated rings. The number of morpholine rings is 1. The van der Waals surface area contributed by atoms with Crippen molar-refractivity contribution in [1.29, 1.82) is 0 Å². The number of benzene rings is 1. The van der Waals surface area contributed by atoms with Crippen LogP contribution < -0.4 is 4.90 Å². The van der Waals surface area contributed by atoms with E-state index in [1.54, 1.807) is 4.90 Å². The number of anilines is 1. The number of ether oxygens (including phenoxy) is 1. The molecule has 0 saturated carbocycles. The molecule has 1 amide bonds. The molecule has 0 bridgehead atoms. The first-order valence-corrected chi connectivity index (χ1v) is 5.62. The van der Waals surface area contributed by atoms with Gasteiger partial charge in [0.1, 0.15) is 6.61 Å². The van der Waals surface area contributed by atoms with Gasteiger partial charge >= 0.3 is 0 Å². The highest BCUT2D eigenvalue weighted by molar-refractivity contribution is 9.10. The summed E-state index contributed by atoms with van der Waals surface area (Å²) < 4.78 is 6.04. The van der Waals surface area contributed by atoms with Gasteiger partial charge in [-0.1, -0.05) is 6.07 Å². The third-order valence-electron chi connectivity index (χ3n) is 2.38. The van der Waals surface area contributed by atoms with Gasteiger partial charge in [-0.25, -0.2) is 0 Å². The Morgan fingerprint density at radius 2 is 2.27 bits per heavy atom. The summed E-state index contributed by atoms with van der Waals surface area (Å²) in [5.41, 5.74) is 2.08. The highest BCUT2D eigenvalue weighted by Gasteiger charge is 2.21. The van der Waals surface area contributed by atoms with E-state index in [0.29, 0.717) is 13.2 Å². The molecule has 0 spiro atoms. The molecule has 1 aliphatic heterocycles. The maximum atomic E-state index is 11.6. The molecule has 3 nitrogen and oxygen atoms in total. The number of hydrogen-bond acceptors (Lipinski definition) is 2. The molecule has 1 heterocycles. The van der Waals surface area contributed by atoms with Crippen LogP contribution in [0.15, 0.2) is 22.7 Å². The molecule has 1 saturated heterocycles. The lowest BCUT2D eigenvalue weighted by Crippen LogP contribution is -2.41. The van der Waals surface area contributed by atoms with Crippen molar-refractivity contribution in [3.63, 3.8) is 0 Å². The summed E-state index contributed by atoms with van der Waals surface area (Å²) in [6.07, 6.45) is 0. The van der Waals surface area contributed by atoms with Crippen LogP contribution in [0.1, 0.15) is 5.56 Å². The highest BCUT2D eigenvalue weighted by Crippen LogP contribution is 2.28. The second-order valence-corrected chi connectivity index (χ2v) is 4.41. The van der Waals surface area contributed by atoms with Crippen LogP contribution in [-0.4, -0.2) is 25.7 Å². The van der Waals surface area contributed by atoms with Gasteiger partial charge in [0.2, 0.25) is 0 Å². The Hall–Kier alpha value is -0.870. The van der Waals surface area contributed by atoms with E-state index in [9.17, 15) is 4.79 Å². The van der Waals surface area contributed by atoms with E-state index in [4.69, 9.17) is 4.74 Å². The third-order valence-corrected chi connectivity index (χ3v) is 3.05. The fourth-order valence-electron chi connectivity index (χ4n) is 1.60. The largest absolute Gasteiger partial charge is 0.370 e. The first-order valence-electron chi connectivity index (χ1n) is 4.83. The molecule has 80 valence electrons. The maximum absolute atomic E-state index is 11.6. The lowest BCUT2D eigenvalue weighted by molar-refractivity contribution is -0.125. The molecule has 1 aromatic rings. The summed E-state index contributed by atoms with van der Waals surface area (Å²) in [5.74, 6) is 0.0209. The molecule has 0 radical (unpaired) electrons. The number of aryl methyl sites for hydroxylation is 1. The number of rotatable bonds is 1. The van der Waals surface area contributed by atoms with Gasteiger partial charge in [0.15, 0.2) is 0 Å². The number of carbonyl (C=O) groups is 1. The van der Waals surface area contributed by atoms with Crippen molar-refractivity contribution in [3.8, 4) is 0 Å². The van der Waals surface area contributed by atoms with Gasteiger partial charge in [-0.05, 0) is 40.5 Å². The molecule has 0 atom stereocenters. The molecule has 0 unspecified atom stereocenters. The number of halogens is 1. The van der Waals surface area contributed by atoms with E-state index in [1.165, 1.54) is 0 Å². The monoisotopic (exact) mass is 269 g/mol. The van der Waals surface area contributed by atoms with Crippen molar-refractivity contribution in [3.05, 3.63) is 28.2 Å². The Bertz CT molecular complexity index is 392. The van der Waals surface area contributed by atoms with E-state index in [0.717, 1.165) is 15.7 Å².